The average molecular weight is 185 g/mol. The van der Waals surface area contributed by atoms with Gasteiger partial charge in [0.1, 0.15) is 6.04 Å². The van der Waals surface area contributed by atoms with Gasteiger partial charge in [-0.05, 0) is 19.4 Å². The standard InChI is InChI=1S/C8H15N3O2/c9-4-1-5-10-8(13)6-2-3-7(12)11-6/h6H,1-5,9H2,(H,10,13)(H,11,12)/t6-/m1/s1. The second-order valence-electron chi connectivity index (χ2n) is 3.09. The zero-order valence-electron chi connectivity index (χ0n) is 7.51. The van der Waals surface area contributed by atoms with Gasteiger partial charge >= 0.3 is 0 Å². The summed E-state index contributed by atoms with van der Waals surface area (Å²) in [5, 5.41) is 5.31. The van der Waals surface area contributed by atoms with E-state index in [1.54, 1.807) is 0 Å². The zero-order valence-corrected chi connectivity index (χ0v) is 7.51. The number of nitrogens with two attached hydrogens (primary N) is 1. The van der Waals surface area contributed by atoms with Crippen LogP contribution < -0.4 is 16.4 Å². The first-order chi connectivity index (χ1) is 6.24. The minimum atomic E-state index is -0.328. The molecule has 0 aromatic rings. The molecule has 0 aliphatic carbocycles. The third-order valence-corrected chi connectivity index (χ3v) is 1.99. The van der Waals surface area contributed by atoms with Crippen molar-refractivity contribution in [3.63, 3.8) is 0 Å². The Kier molecular flexibility index (Phi) is 3.70. The van der Waals surface area contributed by atoms with E-state index in [-0.39, 0.29) is 17.9 Å². The van der Waals surface area contributed by atoms with Gasteiger partial charge in [-0.15, -0.1) is 0 Å². The van der Waals surface area contributed by atoms with E-state index in [1.165, 1.54) is 0 Å². The van der Waals surface area contributed by atoms with Gasteiger partial charge in [0, 0.05) is 13.0 Å². The van der Waals surface area contributed by atoms with Crippen LogP contribution in [0.5, 0.6) is 0 Å². The summed E-state index contributed by atoms with van der Waals surface area (Å²) in [5.41, 5.74) is 5.27. The molecule has 0 spiro atoms. The second kappa shape index (κ2) is 4.81. The van der Waals surface area contributed by atoms with Crippen molar-refractivity contribution in [3.05, 3.63) is 0 Å². The van der Waals surface area contributed by atoms with Crippen LogP contribution in [0.3, 0.4) is 0 Å². The molecule has 1 fully saturated rings. The minimum Gasteiger partial charge on any atom is -0.354 e. The number of carbonyl (C=O) groups is 2. The number of hydrogen-bond acceptors (Lipinski definition) is 3. The van der Waals surface area contributed by atoms with Crippen LogP contribution in [-0.4, -0.2) is 30.9 Å². The molecule has 0 radical (unpaired) electrons. The summed E-state index contributed by atoms with van der Waals surface area (Å²) < 4.78 is 0. The Morgan fingerprint density at radius 3 is 3.00 bits per heavy atom. The van der Waals surface area contributed by atoms with Crippen molar-refractivity contribution in [1.82, 2.24) is 10.6 Å². The second-order valence-corrected chi connectivity index (χ2v) is 3.09. The lowest BCUT2D eigenvalue weighted by molar-refractivity contribution is -0.125. The summed E-state index contributed by atoms with van der Waals surface area (Å²) in [5.74, 6) is -0.140. The van der Waals surface area contributed by atoms with Crippen LogP contribution in [0.15, 0.2) is 0 Å². The van der Waals surface area contributed by atoms with Crippen LogP contribution in [-0.2, 0) is 9.59 Å². The van der Waals surface area contributed by atoms with Crippen LogP contribution in [0, 0.1) is 0 Å². The van der Waals surface area contributed by atoms with E-state index in [0.717, 1.165) is 6.42 Å². The van der Waals surface area contributed by atoms with E-state index in [9.17, 15) is 9.59 Å². The number of carbonyl (C=O) groups excluding carboxylic acids is 2. The zero-order chi connectivity index (χ0) is 9.68. The topological polar surface area (TPSA) is 84.2 Å². The van der Waals surface area contributed by atoms with Crippen LogP contribution in [0.25, 0.3) is 0 Å². The maximum atomic E-state index is 11.3. The van der Waals surface area contributed by atoms with Crippen LogP contribution in [0.4, 0.5) is 0 Å². The lowest BCUT2D eigenvalue weighted by Crippen LogP contribution is -2.42. The Hall–Kier alpha value is -1.10. The number of nitrogens with one attached hydrogen (secondary N) is 2. The molecule has 5 nitrogen and oxygen atoms in total. The van der Waals surface area contributed by atoms with Gasteiger partial charge in [0.05, 0.1) is 0 Å². The first-order valence-electron chi connectivity index (χ1n) is 4.51. The van der Waals surface area contributed by atoms with Crippen molar-refractivity contribution in [1.29, 1.82) is 0 Å². The van der Waals surface area contributed by atoms with E-state index >= 15 is 0 Å². The van der Waals surface area contributed by atoms with Crippen molar-refractivity contribution in [2.24, 2.45) is 5.73 Å². The van der Waals surface area contributed by atoms with Gasteiger partial charge < -0.3 is 16.4 Å². The Balaban J connectivity index is 2.20. The fraction of sp³-hybridized carbons (Fsp3) is 0.750. The van der Waals surface area contributed by atoms with Crippen molar-refractivity contribution in [3.8, 4) is 0 Å². The highest BCUT2D eigenvalue weighted by atomic mass is 16.2. The lowest BCUT2D eigenvalue weighted by atomic mass is 10.2. The summed E-state index contributed by atoms with van der Waals surface area (Å²) in [4.78, 5) is 22.1. The first kappa shape index (κ1) is 9.98. The fourth-order valence-corrected chi connectivity index (χ4v) is 1.25. The summed E-state index contributed by atoms with van der Waals surface area (Å²) in [7, 11) is 0. The van der Waals surface area contributed by atoms with Gasteiger partial charge in [-0.2, -0.15) is 0 Å². The van der Waals surface area contributed by atoms with Gasteiger partial charge in [-0.25, -0.2) is 0 Å². The van der Waals surface area contributed by atoms with Gasteiger partial charge in [-0.3, -0.25) is 9.59 Å². The molecule has 1 aliphatic heterocycles. The summed E-state index contributed by atoms with van der Waals surface area (Å²) in [6.45, 7) is 1.15. The van der Waals surface area contributed by atoms with E-state index in [0.29, 0.717) is 25.9 Å². The van der Waals surface area contributed by atoms with Crippen molar-refractivity contribution in [2.45, 2.75) is 25.3 Å². The molecular weight excluding hydrogens is 170 g/mol. The third-order valence-electron chi connectivity index (χ3n) is 1.99. The number of amides is 2. The molecular formula is C8H15N3O2. The maximum absolute atomic E-state index is 11.3. The summed E-state index contributed by atoms with van der Waals surface area (Å²) in [6, 6.07) is -0.328. The monoisotopic (exact) mass is 185 g/mol. The highest BCUT2D eigenvalue weighted by molar-refractivity contribution is 5.90. The highest BCUT2D eigenvalue weighted by Crippen LogP contribution is 2.05. The first-order valence-corrected chi connectivity index (χ1v) is 4.51. The Morgan fingerprint density at radius 2 is 2.46 bits per heavy atom. The van der Waals surface area contributed by atoms with Crippen molar-refractivity contribution < 1.29 is 9.59 Å². The SMILES string of the molecule is NCCCNC(=O)[C@H]1CCC(=O)N1. The van der Waals surface area contributed by atoms with Gasteiger partial charge in [0.25, 0.3) is 0 Å². The van der Waals surface area contributed by atoms with Crippen LogP contribution >= 0.6 is 0 Å². The predicted octanol–water partition coefficient (Wildman–Crippen LogP) is -1.27. The van der Waals surface area contributed by atoms with Crippen molar-refractivity contribution in [2.75, 3.05) is 13.1 Å². The third kappa shape index (κ3) is 3.02. The molecule has 0 saturated carbocycles. The largest absolute Gasteiger partial charge is 0.354 e. The van der Waals surface area contributed by atoms with Gasteiger partial charge in [0.15, 0.2) is 0 Å². The fourth-order valence-electron chi connectivity index (χ4n) is 1.25. The van der Waals surface area contributed by atoms with E-state index < -0.39 is 0 Å². The Labute approximate surface area is 77.1 Å². The molecule has 1 atom stereocenters. The Morgan fingerprint density at radius 1 is 1.69 bits per heavy atom. The van der Waals surface area contributed by atoms with E-state index in [4.69, 9.17) is 5.73 Å². The molecule has 74 valence electrons. The van der Waals surface area contributed by atoms with Gasteiger partial charge in [-0.1, -0.05) is 0 Å². The molecule has 0 unspecified atom stereocenters. The lowest BCUT2D eigenvalue weighted by Gasteiger charge is -2.09. The molecule has 1 rings (SSSR count). The molecule has 0 aromatic carbocycles. The molecule has 0 aromatic heterocycles. The number of rotatable bonds is 4. The quantitative estimate of drug-likeness (QED) is 0.477. The maximum Gasteiger partial charge on any atom is 0.242 e. The van der Waals surface area contributed by atoms with Crippen LogP contribution in [0.2, 0.25) is 0 Å². The molecule has 2 amide bonds. The van der Waals surface area contributed by atoms with E-state index in [1.807, 2.05) is 0 Å². The summed E-state index contributed by atoms with van der Waals surface area (Å²) >= 11 is 0. The Bertz CT molecular complexity index is 206. The van der Waals surface area contributed by atoms with E-state index in [2.05, 4.69) is 10.6 Å². The van der Waals surface area contributed by atoms with Crippen molar-refractivity contribution >= 4 is 11.8 Å². The van der Waals surface area contributed by atoms with Gasteiger partial charge in [0.2, 0.25) is 11.8 Å². The molecule has 1 aliphatic rings. The predicted molar refractivity (Wildman–Crippen MR) is 47.8 cm³/mol. The molecule has 13 heavy (non-hydrogen) atoms. The molecule has 5 heteroatoms. The highest BCUT2D eigenvalue weighted by Gasteiger charge is 2.26. The normalized spacial score (nSPS) is 21.3. The average Bonchev–Trinajstić information content (AvgIpc) is 2.52. The molecule has 1 heterocycles. The van der Waals surface area contributed by atoms with Crippen LogP contribution in [0.1, 0.15) is 19.3 Å². The number of hydrogen-bond donors (Lipinski definition) is 3. The summed E-state index contributed by atoms with van der Waals surface area (Å²) in [6.07, 6.45) is 1.83. The molecule has 0 bridgehead atoms. The minimum absolute atomic E-state index is 0.0426. The molecule has 1 saturated heterocycles. The molecule has 4 N–H and O–H groups in total. The smallest absolute Gasteiger partial charge is 0.242 e.